The van der Waals surface area contributed by atoms with Gasteiger partial charge in [-0.3, -0.25) is 9.59 Å². The van der Waals surface area contributed by atoms with Gasteiger partial charge in [0, 0.05) is 24.7 Å². The molecule has 4 rings (SSSR count). The van der Waals surface area contributed by atoms with E-state index in [1.807, 2.05) is 24.3 Å². The number of halogens is 1. The van der Waals surface area contributed by atoms with E-state index in [0.717, 1.165) is 24.2 Å². The maximum atomic E-state index is 14.3. The van der Waals surface area contributed by atoms with E-state index < -0.39 is 11.7 Å². The number of ether oxygens (including phenoxy) is 1. The molecule has 0 bridgehead atoms. The summed E-state index contributed by atoms with van der Waals surface area (Å²) in [6.07, 6.45) is 1.87. The summed E-state index contributed by atoms with van der Waals surface area (Å²) in [5, 5.41) is 2.79. The molecular weight excluding hydrogens is 335 g/mol. The Morgan fingerprint density at radius 3 is 2.65 bits per heavy atom. The fourth-order valence-corrected chi connectivity index (χ4v) is 3.14. The standard InChI is InChI=1S/C20H19FN2O3/c1-26-15-6-2-12(3-7-15)10-23-11-13-8-17(19(24)22-14-4-5-14)18(21)9-16(13)20(23)25/h2-3,6-9,14H,4-5,10-11H2,1H3,(H,22,24). The summed E-state index contributed by atoms with van der Waals surface area (Å²) in [6.45, 7) is 0.785. The van der Waals surface area contributed by atoms with Crippen LogP contribution in [0.3, 0.4) is 0 Å². The van der Waals surface area contributed by atoms with Crippen molar-refractivity contribution in [3.8, 4) is 5.75 Å². The number of nitrogens with zero attached hydrogens (tertiary/aromatic N) is 1. The van der Waals surface area contributed by atoms with Crippen LogP contribution in [0.5, 0.6) is 5.75 Å². The third-order valence-corrected chi connectivity index (χ3v) is 4.76. The number of hydrogen-bond acceptors (Lipinski definition) is 3. The van der Waals surface area contributed by atoms with Crippen molar-refractivity contribution in [1.29, 1.82) is 0 Å². The van der Waals surface area contributed by atoms with Crippen LogP contribution in [0.2, 0.25) is 0 Å². The van der Waals surface area contributed by atoms with Crippen LogP contribution >= 0.6 is 0 Å². The summed E-state index contributed by atoms with van der Waals surface area (Å²) >= 11 is 0. The Morgan fingerprint density at radius 1 is 1.27 bits per heavy atom. The molecule has 2 aliphatic rings. The average Bonchev–Trinajstić information content (AvgIpc) is 3.40. The van der Waals surface area contributed by atoms with Gasteiger partial charge in [-0.1, -0.05) is 12.1 Å². The normalized spacial score (nSPS) is 15.8. The summed E-state index contributed by atoms with van der Waals surface area (Å²) in [5.41, 5.74) is 1.98. The molecule has 1 N–H and O–H groups in total. The predicted octanol–water partition coefficient (Wildman–Crippen LogP) is 2.88. The zero-order valence-corrected chi connectivity index (χ0v) is 14.4. The van der Waals surface area contributed by atoms with Crippen molar-refractivity contribution in [2.45, 2.75) is 32.0 Å². The lowest BCUT2D eigenvalue weighted by Gasteiger charge is -2.15. The van der Waals surface area contributed by atoms with Crippen LogP contribution in [0.25, 0.3) is 0 Å². The molecule has 0 saturated heterocycles. The Balaban J connectivity index is 1.53. The second-order valence-corrected chi connectivity index (χ2v) is 6.75. The topological polar surface area (TPSA) is 58.6 Å². The first-order chi connectivity index (χ1) is 12.5. The van der Waals surface area contributed by atoms with Crippen molar-refractivity contribution < 1.29 is 18.7 Å². The minimum atomic E-state index is -0.651. The monoisotopic (exact) mass is 354 g/mol. The fourth-order valence-electron chi connectivity index (χ4n) is 3.14. The highest BCUT2D eigenvalue weighted by Gasteiger charge is 2.31. The van der Waals surface area contributed by atoms with Crippen LogP contribution in [0.4, 0.5) is 4.39 Å². The largest absolute Gasteiger partial charge is 0.497 e. The lowest BCUT2D eigenvalue weighted by molar-refractivity contribution is 0.0766. The second kappa shape index (κ2) is 6.44. The molecular formula is C20H19FN2O3. The zero-order chi connectivity index (χ0) is 18.3. The number of carbonyl (C=O) groups excluding carboxylic acids is 2. The minimum absolute atomic E-state index is 0.00903. The molecule has 2 amide bonds. The highest BCUT2D eigenvalue weighted by molar-refractivity contribution is 6.01. The predicted molar refractivity (Wildman–Crippen MR) is 93.5 cm³/mol. The van der Waals surface area contributed by atoms with Gasteiger partial charge in [-0.15, -0.1) is 0 Å². The van der Waals surface area contributed by atoms with Gasteiger partial charge in [-0.2, -0.15) is 0 Å². The maximum absolute atomic E-state index is 14.3. The van der Waals surface area contributed by atoms with Crippen LogP contribution in [0, 0.1) is 5.82 Å². The molecule has 0 aromatic heterocycles. The molecule has 1 aliphatic carbocycles. The highest BCUT2D eigenvalue weighted by atomic mass is 19.1. The first kappa shape index (κ1) is 16.6. The summed E-state index contributed by atoms with van der Waals surface area (Å²) in [6, 6.07) is 10.3. The van der Waals surface area contributed by atoms with Gasteiger partial charge in [0.05, 0.1) is 12.7 Å². The van der Waals surface area contributed by atoms with E-state index in [9.17, 15) is 14.0 Å². The summed E-state index contributed by atoms with van der Waals surface area (Å²) in [5.74, 6) is -0.530. The molecule has 6 heteroatoms. The number of rotatable bonds is 5. The van der Waals surface area contributed by atoms with E-state index in [2.05, 4.69) is 5.32 Å². The first-order valence-electron chi connectivity index (χ1n) is 8.60. The molecule has 2 aromatic rings. The van der Waals surface area contributed by atoms with E-state index in [1.54, 1.807) is 12.0 Å². The molecule has 134 valence electrons. The molecule has 0 spiro atoms. The highest BCUT2D eigenvalue weighted by Crippen LogP contribution is 2.28. The lowest BCUT2D eigenvalue weighted by Crippen LogP contribution is -2.26. The summed E-state index contributed by atoms with van der Waals surface area (Å²) < 4.78 is 19.5. The Labute approximate surface area is 150 Å². The molecule has 1 fully saturated rings. The van der Waals surface area contributed by atoms with Crippen molar-refractivity contribution in [1.82, 2.24) is 10.2 Å². The number of amides is 2. The van der Waals surface area contributed by atoms with Gasteiger partial charge in [0.1, 0.15) is 11.6 Å². The van der Waals surface area contributed by atoms with E-state index >= 15 is 0 Å². The van der Waals surface area contributed by atoms with Crippen molar-refractivity contribution in [2.75, 3.05) is 7.11 Å². The maximum Gasteiger partial charge on any atom is 0.254 e. The molecule has 1 saturated carbocycles. The number of hydrogen-bond donors (Lipinski definition) is 1. The van der Waals surface area contributed by atoms with Gasteiger partial charge < -0.3 is 15.0 Å². The molecule has 0 unspecified atom stereocenters. The third-order valence-electron chi connectivity index (χ3n) is 4.76. The Kier molecular flexibility index (Phi) is 4.11. The number of methoxy groups -OCH3 is 1. The molecule has 5 nitrogen and oxygen atoms in total. The van der Waals surface area contributed by atoms with E-state index in [0.29, 0.717) is 24.2 Å². The van der Waals surface area contributed by atoms with E-state index in [4.69, 9.17) is 4.74 Å². The van der Waals surface area contributed by atoms with E-state index in [1.165, 1.54) is 12.1 Å². The summed E-state index contributed by atoms with van der Waals surface area (Å²) in [7, 11) is 1.60. The van der Waals surface area contributed by atoms with Crippen molar-refractivity contribution >= 4 is 11.8 Å². The molecule has 1 aliphatic heterocycles. The van der Waals surface area contributed by atoms with Crippen LogP contribution < -0.4 is 10.1 Å². The van der Waals surface area contributed by atoms with Gasteiger partial charge in [0.2, 0.25) is 0 Å². The number of nitrogens with one attached hydrogen (secondary N) is 1. The molecule has 26 heavy (non-hydrogen) atoms. The molecule has 0 radical (unpaired) electrons. The van der Waals surface area contributed by atoms with Crippen LogP contribution in [0.15, 0.2) is 36.4 Å². The Morgan fingerprint density at radius 2 is 2.00 bits per heavy atom. The minimum Gasteiger partial charge on any atom is -0.497 e. The zero-order valence-electron chi connectivity index (χ0n) is 14.4. The SMILES string of the molecule is COc1ccc(CN2Cc3cc(C(=O)NC4CC4)c(F)cc3C2=O)cc1. The van der Waals surface area contributed by atoms with Gasteiger partial charge in [0.25, 0.3) is 11.8 Å². The Hall–Kier alpha value is -2.89. The smallest absolute Gasteiger partial charge is 0.254 e. The van der Waals surface area contributed by atoms with Crippen LogP contribution in [0.1, 0.15) is 44.7 Å². The van der Waals surface area contributed by atoms with Crippen molar-refractivity contribution in [3.05, 3.63) is 64.5 Å². The summed E-state index contributed by atoms with van der Waals surface area (Å²) in [4.78, 5) is 26.4. The number of fused-ring (bicyclic) bond motifs is 1. The molecule has 1 heterocycles. The second-order valence-electron chi connectivity index (χ2n) is 6.75. The van der Waals surface area contributed by atoms with Gasteiger partial charge in [-0.25, -0.2) is 4.39 Å². The Bertz CT molecular complexity index is 875. The van der Waals surface area contributed by atoms with Gasteiger partial charge in [0.15, 0.2) is 0 Å². The first-order valence-corrected chi connectivity index (χ1v) is 8.60. The molecule has 0 atom stereocenters. The van der Waals surface area contributed by atoms with Gasteiger partial charge in [-0.05, 0) is 48.2 Å². The number of carbonyl (C=O) groups is 2. The average molecular weight is 354 g/mol. The van der Waals surface area contributed by atoms with E-state index in [-0.39, 0.29) is 17.5 Å². The number of benzene rings is 2. The third kappa shape index (κ3) is 3.14. The van der Waals surface area contributed by atoms with Gasteiger partial charge >= 0.3 is 0 Å². The lowest BCUT2D eigenvalue weighted by atomic mass is 10.0. The van der Waals surface area contributed by atoms with Crippen LogP contribution in [-0.2, 0) is 13.1 Å². The fraction of sp³-hybridized carbons (Fsp3) is 0.300. The molecule has 2 aromatic carbocycles. The van der Waals surface area contributed by atoms with Crippen molar-refractivity contribution in [3.63, 3.8) is 0 Å². The van der Waals surface area contributed by atoms with Crippen molar-refractivity contribution in [2.24, 2.45) is 0 Å². The van der Waals surface area contributed by atoms with Crippen LogP contribution in [-0.4, -0.2) is 29.9 Å². The quantitative estimate of drug-likeness (QED) is 0.898.